The molecule has 0 aliphatic carbocycles. The molecule has 0 saturated heterocycles. The van der Waals surface area contributed by atoms with Gasteiger partial charge >= 0.3 is 0 Å². The predicted molar refractivity (Wildman–Crippen MR) is 76.8 cm³/mol. The Morgan fingerprint density at radius 2 is 1.80 bits per heavy atom. The third kappa shape index (κ3) is 2.79. The molecule has 0 aliphatic rings. The molecule has 2 aromatic rings. The van der Waals surface area contributed by atoms with Gasteiger partial charge in [-0.05, 0) is 37.1 Å². The Labute approximate surface area is 117 Å². The largest absolute Gasteiger partial charge is 0.497 e. The van der Waals surface area contributed by atoms with Gasteiger partial charge in [0.05, 0.1) is 12.7 Å². The average molecular weight is 273 g/mol. The molecule has 1 N–H and O–H groups in total. The van der Waals surface area contributed by atoms with E-state index in [0.29, 0.717) is 11.4 Å². The van der Waals surface area contributed by atoms with Gasteiger partial charge in [-0.15, -0.1) is 0 Å². The molecule has 0 atom stereocenters. The van der Waals surface area contributed by atoms with Gasteiger partial charge in [-0.1, -0.05) is 18.2 Å². The van der Waals surface area contributed by atoms with Gasteiger partial charge in [0.15, 0.2) is 0 Å². The van der Waals surface area contributed by atoms with E-state index in [-0.39, 0.29) is 5.56 Å². The van der Waals surface area contributed by atoms with E-state index >= 15 is 0 Å². The van der Waals surface area contributed by atoms with Crippen molar-refractivity contribution in [1.82, 2.24) is 0 Å². The molecule has 0 spiro atoms. The zero-order chi connectivity index (χ0) is 14.7. The number of nitrogens with one attached hydrogen (secondary N) is 1. The lowest BCUT2D eigenvalue weighted by molar-refractivity contribution is 0.102. The lowest BCUT2D eigenvalue weighted by Crippen LogP contribution is -2.15. The molecule has 2 aromatic carbocycles. The maximum atomic E-state index is 13.9. The average Bonchev–Trinajstić information content (AvgIpc) is 2.42. The van der Waals surface area contributed by atoms with Crippen LogP contribution in [0.4, 0.5) is 10.1 Å². The maximum absolute atomic E-state index is 13.9. The topological polar surface area (TPSA) is 38.3 Å². The Hall–Kier alpha value is -2.36. The molecule has 104 valence electrons. The smallest absolute Gasteiger partial charge is 0.258 e. The van der Waals surface area contributed by atoms with Crippen molar-refractivity contribution in [2.75, 3.05) is 12.4 Å². The molecule has 20 heavy (non-hydrogen) atoms. The van der Waals surface area contributed by atoms with Gasteiger partial charge in [-0.25, -0.2) is 4.39 Å². The minimum atomic E-state index is -0.604. The van der Waals surface area contributed by atoms with E-state index in [0.717, 1.165) is 11.1 Å². The second-order valence-electron chi connectivity index (χ2n) is 4.57. The summed E-state index contributed by atoms with van der Waals surface area (Å²) in [6.45, 7) is 3.79. The van der Waals surface area contributed by atoms with Crippen LogP contribution in [0.5, 0.6) is 5.75 Å². The van der Waals surface area contributed by atoms with Crippen molar-refractivity contribution < 1.29 is 13.9 Å². The minimum absolute atomic E-state index is 0.00606. The number of amides is 1. The molecule has 0 unspecified atom stereocenters. The minimum Gasteiger partial charge on any atom is -0.497 e. The first-order valence-corrected chi connectivity index (χ1v) is 6.24. The molecule has 0 heterocycles. The number of carbonyl (C=O) groups excluding carboxylic acids is 1. The lowest BCUT2D eigenvalue weighted by atomic mass is 10.1. The Balaban J connectivity index is 2.29. The number of hydrogen-bond donors (Lipinski definition) is 1. The Morgan fingerprint density at radius 3 is 2.35 bits per heavy atom. The van der Waals surface area contributed by atoms with Crippen molar-refractivity contribution >= 4 is 11.6 Å². The Kier molecular flexibility index (Phi) is 4.03. The number of carbonyl (C=O) groups is 1. The van der Waals surface area contributed by atoms with Gasteiger partial charge in [-0.3, -0.25) is 4.79 Å². The number of methoxy groups -OCH3 is 1. The third-order valence-electron chi connectivity index (χ3n) is 3.14. The molecule has 4 heteroatoms. The monoisotopic (exact) mass is 273 g/mol. The normalized spacial score (nSPS) is 10.2. The molecule has 1 amide bonds. The molecule has 0 radical (unpaired) electrons. The number of hydrogen-bond acceptors (Lipinski definition) is 2. The van der Waals surface area contributed by atoms with E-state index in [9.17, 15) is 9.18 Å². The highest BCUT2D eigenvalue weighted by atomic mass is 19.1. The first-order chi connectivity index (χ1) is 9.52. The molecule has 2 rings (SSSR count). The molecule has 0 saturated carbocycles. The van der Waals surface area contributed by atoms with Crippen LogP contribution in [0.2, 0.25) is 0 Å². The van der Waals surface area contributed by atoms with E-state index in [4.69, 9.17) is 4.74 Å². The zero-order valence-corrected chi connectivity index (χ0v) is 11.7. The van der Waals surface area contributed by atoms with Crippen molar-refractivity contribution in [3.63, 3.8) is 0 Å². The predicted octanol–water partition coefficient (Wildman–Crippen LogP) is 3.70. The van der Waals surface area contributed by atoms with Crippen molar-refractivity contribution in [1.29, 1.82) is 0 Å². The molecule has 3 nitrogen and oxygen atoms in total. The fourth-order valence-corrected chi connectivity index (χ4v) is 2.00. The number of para-hydroxylation sites is 1. The van der Waals surface area contributed by atoms with Crippen LogP contribution in [0.3, 0.4) is 0 Å². The second kappa shape index (κ2) is 5.74. The fraction of sp³-hybridized carbons (Fsp3) is 0.188. The summed E-state index contributed by atoms with van der Waals surface area (Å²) < 4.78 is 18.8. The quantitative estimate of drug-likeness (QED) is 0.926. The first kappa shape index (κ1) is 14.1. The van der Waals surface area contributed by atoms with E-state index < -0.39 is 11.7 Å². The molecular formula is C16H16FNO2. The van der Waals surface area contributed by atoms with Crippen molar-refractivity contribution in [2.24, 2.45) is 0 Å². The number of anilines is 1. The Bertz CT molecular complexity index is 633. The van der Waals surface area contributed by atoms with Crippen molar-refractivity contribution in [2.45, 2.75) is 13.8 Å². The number of rotatable bonds is 3. The van der Waals surface area contributed by atoms with Gasteiger partial charge in [-0.2, -0.15) is 0 Å². The van der Waals surface area contributed by atoms with Crippen molar-refractivity contribution in [3.8, 4) is 5.75 Å². The van der Waals surface area contributed by atoms with Crippen LogP contribution in [0.25, 0.3) is 0 Å². The summed E-state index contributed by atoms with van der Waals surface area (Å²) in [5.74, 6) is -0.693. The highest BCUT2D eigenvalue weighted by molar-refractivity contribution is 6.05. The zero-order valence-electron chi connectivity index (χ0n) is 11.7. The summed E-state index contributed by atoms with van der Waals surface area (Å²) in [7, 11) is 1.45. The third-order valence-corrected chi connectivity index (χ3v) is 3.14. The SMILES string of the molecule is COc1ccc(C(=O)Nc2c(C)cccc2C)c(F)c1. The number of benzene rings is 2. The molecule has 0 aliphatic heterocycles. The van der Waals surface area contributed by atoms with Crippen LogP contribution in [0.1, 0.15) is 21.5 Å². The van der Waals surface area contributed by atoms with Crippen LogP contribution in [-0.2, 0) is 0 Å². The summed E-state index contributed by atoms with van der Waals surface area (Å²) in [5.41, 5.74) is 2.58. The summed E-state index contributed by atoms with van der Waals surface area (Å²) in [5, 5.41) is 2.75. The van der Waals surface area contributed by atoms with Crippen LogP contribution in [0, 0.1) is 19.7 Å². The molecule has 0 bridgehead atoms. The van der Waals surface area contributed by atoms with E-state index in [2.05, 4.69) is 5.32 Å². The van der Waals surface area contributed by atoms with Gasteiger partial charge in [0.2, 0.25) is 0 Å². The van der Waals surface area contributed by atoms with Crippen LogP contribution in [-0.4, -0.2) is 13.0 Å². The Morgan fingerprint density at radius 1 is 1.15 bits per heavy atom. The number of halogens is 1. The maximum Gasteiger partial charge on any atom is 0.258 e. The molecule has 0 aromatic heterocycles. The van der Waals surface area contributed by atoms with Gasteiger partial charge < -0.3 is 10.1 Å². The number of ether oxygens (including phenoxy) is 1. The van der Waals surface area contributed by atoms with Gasteiger partial charge in [0.1, 0.15) is 11.6 Å². The molecular weight excluding hydrogens is 257 g/mol. The standard InChI is InChI=1S/C16H16FNO2/c1-10-5-4-6-11(2)15(10)18-16(19)13-8-7-12(20-3)9-14(13)17/h4-9H,1-3H3,(H,18,19). The van der Waals surface area contributed by atoms with E-state index in [1.807, 2.05) is 32.0 Å². The van der Waals surface area contributed by atoms with E-state index in [1.165, 1.54) is 19.2 Å². The fourth-order valence-electron chi connectivity index (χ4n) is 2.00. The van der Waals surface area contributed by atoms with Crippen molar-refractivity contribution in [3.05, 3.63) is 58.9 Å². The van der Waals surface area contributed by atoms with Crippen LogP contribution in [0.15, 0.2) is 36.4 Å². The summed E-state index contributed by atoms with van der Waals surface area (Å²) >= 11 is 0. The highest BCUT2D eigenvalue weighted by Crippen LogP contribution is 2.22. The summed E-state index contributed by atoms with van der Waals surface area (Å²) in [4.78, 5) is 12.1. The summed E-state index contributed by atoms with van der Waals surface area (Å²) in [6, 6.07) is 9.87. The highest BCUT2D eigenvalue weighted by Gasteiger charge is 2.14. The first-order valence-electron chi connectivity index (χ1n) is 6.24. The van der Waals surface area contributed by atoms with Crippen LogP contribution >= 0.6 is 0 Å². The molecule has 0 fully saturated rings. The lowest BCUT2D eigenvalue weighted by Gasteiger charge is -2.12. The van der Waals surface area contributed by atoms with Gasteiger partial charge in [0.25, 0.3) is 5.91 Å². The van der Waals surface area contributed by atoms with E-state index in [1.54, 1.807) is 6.07 Å². The van der Waals surface area contributed by atoms with Gasteiger partial charge in [0, 0.05) is 11.8 Å². The van der Waals surface area contributed by atoms with Crippen LogP contribution < -0.4 is 10.1 Å². The summed E-state index contributed by atoms with van der Waals surface area (Å²) in [6.07, 6.45) is 0. The number of aryl methyl sites for hydroxylation is 2. The second-order valence-corrected chi connectivity index (χ2v) is 4.57.